The highest BCUT2D eigenvalue weighted by molar-refractivity contribution is 5.80. The molecule has 0 atom stereocenters. The highest BCUT2D eigenvalue weighted by atomic mass is 16.5. The van der Waals surface area contributed by atoms with Gasteiger partial charge in [0, 0.05) is 43.3 Å². The van der Waals surface area contributed by atoms with Gasteiger partial charge in [0.1, 0.15) is 11.4 Å². The van der Waals surface area contributed by atoms with Crippen LogP contribution in [0.25, 0.3) is 22.4 Å². The number of pyridine rings is 1. The third-order valence-corrected chi connectivity index (χ3v) is 5.36. The third kappa shape index (κ3) is 4.86. The van der Waals surface area contributed by atoms with E-state index in [1.807, 2.05) is 79.4 Å². The molecule has 1 amide bonds. The number of hydrogen-bond acceptors (Lipinski definition) is 4. The van der Waals surface area contributed by atoms with Crippen LogP contribution in [0.1, 0.15) is 16.7 Å². The number of rotatable bonds is 7. The molecule has 0 aliphatic heterocycles. The highest BCUT2D eigenvalue weighted by Crippen LogP contribution is 2.30. The molecule has 0 saturated carbocycles. The predicted octanol–water partition coefficient (Wildman–Crippen LogP) is 4.33. The fourth-order valence-corrected chi connectivity index (χ4v) is 3.72. The molecular weight excluding hydrogens is 400 g/mol. The number of aromatic nitrogens is 3. The molecule has 0 saturated heterocycles. The van der Waals surface area contributed by atoms with Crippen LogP contribution in [-0.2, 0) is 24.8 Å². The third-order valence-electron chi connectivity index (χ3n) is 5.36. The number of carbonyl (C=O) groups excluding carboxylic acids is 1. The van der Waals surface area contributed by atoms with Gasteiger partial charge in [-0.25, -0.2) is 0 Å². The van der Waals surface area contributed by atoms with Gasteiger partial charge in [0.05, 0.1) is 13.5 Å². The van der Waals surface area contributed by atoms with Crippen molar-refractivity contribution in [3.05, 3.63) is 89.9 Å². The Morgan fingerprint density at radius 1 is 1.00 bits per heavy atom. The van der Waals surface area contributed by atoms with E-state index < -0.39 is 0 Å². The Morgan fingerprint density at radius 2 is 1.72 bits per heavy atom. The highest BCUT2D eigenvalue weighted by Gasteiger charge is 2.12. The second kappa shape index (κ2) is 9.47. The van der Waals surface area contributed by atoms with Gasteiger partial charge in [-0.2, -0.15) is 5.10 Å². The standard InChI is InChI=1S/C26H26N4O2/c1-18-14-20(6-9-24(18)32-3)15-25(31)28-16-19-4-7-22(8-5-19)26-23(17-30(2)29-26)21-10-12-27-13-11-21/h4-14,17H,15-16H2,1-3H3,(H,28,31). The average Bonchev–Trinajstić information content (AvgIpc) is 3.20. The Labute approximate surface area is 187 Å². The lowest BCUT2D eigenvalue weighted by Gasteiger charge is -2.09. The molecule has 0 radical (unpaired) electrons. The molecule has 0 aliphatic rings. The molecule has 162 valence electrons. The van der Waals surface area contributed by atoms with Gasteiger partial charge >= 0.3 is 0 Å². The molecule has 0 unspecified atom stereocenters. The van der Waals surface area contributed by atoms with Crippen molar-refractivity contribution in [3.63, 3.8) is 0 Å². The van der Waals surface area contributed by atoms with Crippen molar-refractivity contribution in [1.29, 1.82) is 0 Å². The van der Waals surface area contributed by atoms with Gasteiger partial charge in [0.15, 0.2) is 0 Å². The average molecular weight is 427 g/mol. The molecule has 4 rings (SSSR count). The minimum Gasteiger partial charge on any atom is -0.496 e. The molecule has 6 heteroatoms. The number of hydrogen-bond donors (Lipinski definition) is 1. The fourth-order valence-electron chi connectivity index (χ4n) is 3.72. The molecule has 1 N–H and O–H groups in total. The summed E-state index contributed by atoms with van der Waals surface area (Å²) in [7, 11) is 3.57. The van der Waals surface area contributed by atoms with Gasteiger partial charge in [-0.15, -0.1) is 0 Å². The van der Waals surface area contributed by atoms with Crippen molar-refractivity contribution in [3.8, 4) is 28.1 Å². The molecule has 2 aromatic heterocycles. The van der Waals surface area contributed by atoms with Crippen LogP contribution >= 0.6 is 0 Å². The summed E-state index contributed by atoms with van der Waals surface area (Å²) in [6.45, 7) is 2.46. The van der Waals surface area contributed by atoms with Crippen LogP contribution in [0.5, 0.6) is 5.75 Å². The van der Waals surface area contributed by atoms with Crippen molar-refractivity contribution >= 4 is 5.91 Å². The predicted molar refractivity (Wildman–Crippen MR) is 125 cm³/mol. The lowest BCUT2D eigenvalue weighted by molar-refractivity contribution is -0.120. The van der Waals surface area contributed by atoms with Gasteiger partial charge < -0.3 is 10.1 Å². The zero-order chi connectivity index (χ0) is 22.5. The molecule has 6 nitrogen and oxygen atoms in total. The fraction of sp³-hybridized carbons (Fsp3) is 0.192. The van der Waals surface area contributed by atoms with Crippen molar-refractivity contribution in [2.75, 3.05) is 7.11 Å². The molecule has 2 heterocycles. The van der Waals surface area contributed by atoms with Crippen LogP contribution in [0.3, 0.4) is 0 Å². The minimum atomic E-state index is -0.0108. The lowest BCUT2D eigenvalue weighted by atomic mass is 10.0. The molecule has 0 aliphatic carbocycles. The topological polar surface area (TPSA) is 69.0 Å². The first-order valence-electron chi connectivity index (χ1n) is 10.5. The van der Waals surface area contributed by atoms with Crippen LogP contribution in [0.15, 0.2) is 73.2 Å². The van der Waals surface area contributed by atoms with Gasteiger partial charge in [-0.1, -0.05) is 36.4 Å². The maximum absolute atomic E-state index is 12.4. The van der Waals surface area contributed by atoms with E-state index in [2.05, 4.69) is 15.4 Å². The maximum atomic E-state index is 12.4. The summed E-state index contributed by atoms with van der Waals surface area (Å²) in [6.07, 6.45) is 5.92. The number of ether oxygens (including phenoxy) is 1. The molecule has 0 bridgehead atoms. The summed E-state index contributed by atoms with van der Waals surface area (Å²) in [6, 6.07) is 17.9. The van der Waals surface area contributed by atoms with Crippen molar-refractivity contribution < 1.29 is 9.53 Å². The van der Waals surface area contributed by atoms with Crippen LogP contribution in [0.4, 0.5) is 0 Å². The Bertz CT molecular complexity index is 1210. The number of nitrogens with zero attached hydrogens (tertiary/aromatic N) is 3. The van der Waals surface area contributed by atoms with Crippen LogP contribution in [-0.4, -0.2) is 27.8 Å². The van der Waals surface area contributed by atoms with E-state index in [0.29, 0.717) is 13.0 Å². The summed E-state index contributed by atoms with van der Waals surface area (Å²) in [5, 5.41) is 7.64. The summed E-state index contributed by atoms with van der Waals surface area (Å²) < 4.78 is 7.10. The summed E-state index contributed by atoms with van der Waals surface area (Å²) >= 11 is 0. The Hall–Kier alpha value is -3.93. The van der Waals surface area contributed by atoms with E-state index in [0.717, 1.165) is 44.8 Å². The van der Waals surface area contributed by atoms with Gasteiger partial charge in [0.25, 0.3) is 0 Å². The summed E-state index contributed by atoms with van der Waals surface area (Å²) in [4.78, 5) is 16.5. The molecule has 4 aromatic rings. The number of carbonyl (C=O) groups is 1. The largest absolute Gasteiger partial charge is 0.496 e. The normalized spacial score (nSPS) is 10.7. The maximum Gasteiger partial charge on any atom is 0.224 e. The zero-order valence-electron chi connectivity index (χ0n) is 18.5. The van der Waals surface area contributed by atoms with E-state index in [9.17, 15) is 4.79 Å². The van der Waals surface area contributed by atoms with Gasteiger partial charge in [0.2, 0.25) is 5.91 Å². The van der Waals surface area contributed by atoms with E-state index in [-0.39, 0.29) is 5.91 Å². The molecule has 2 aromatic carbocycles. The van der Waals surface area contributed by atoms with Crippen LogP contribution in [0, 0.1) is 6.92 Å². The quantitative estimate of drug-likeness (QED) is 0.478. The SMILES string of the molecule is COc1ccc(CC(=O)NCc2ccc(-c3nn(C)cc3-c3ccncc3)cc2)cc1C. The summed E-state index contributed by atoms with van der Waals surface area (Å²) in [5.41, 5.74) is 7.11. The monoisotopic (exact) mass is 426 g/mol. The van der Waals surface area contributed by atoms with Crippen LogP contribution < -0.4 is 10.1 Å². The molecule has 0 fully saturated rings. The van der Waals surface area contributed by atoms with E-state index in [1.165, 1.54) is 0 Å². The number of amides is 1. The van der Waals surface area contributed by atoms with Gasteiger partial charge in [-0.05, 0) is 47.4 Å². The smallest absolute Gasteiger partial charge is 0.224 e. The van der Waals surface area contributed by atoms with Crippen molar-refractivity contribution in [2.24, 2.45) is 7.05 Å². The second-order valence-electron chi connectivity index (χ2n) is 7.76. The molecular formula is C26H26N4O2. The first kappa shape index (κ1) is 21.3. The Balaban J connectivity index is 1.41. The Kier molecular flexibility index (Phi) is 6.31. The lowest BCUT2D eigenvalue weighted by Crippen LogP contribution is -2.24. The van der Waals surface area contributed by atoms with Crippen LogP contribution in [0.2, 0.25) is 0 Å². The number of nitrogens with one attached hydrogen (secondary N) is 1. The molecule has 0 spiro atoms. The minimum absolute atomic E-state index is 0.0108. The number of methoxy groups -OCH3 is 1. The Morgan fingerprint density at radius 3 is 2.41 bits per heavy atom. The first-order valence-corrected chi connectivity index (χ1v) is 10.5. The van der Waals surface area contributed by atoms with E-state index in [1.54, 1.807) is 19.5 Å². The number of aryl methyl sites for hydroxylation is 2. The van der Waals surface area contributed by atoms with E-state index >= 15 is 0 Å². The number of benzene rings is 2. The second-order valence-corrected chi connectivity index (χ2v) is 7.76. The van der Waals surface area contributed by atoms with E-state index in [4.69, 9.17) is 4.74 Å². The van der Waals surface area contributed by atoms with Crippen molar-refractivity contribution in [2.45, 2.75) is 19.9 Å². The van der Waals surface area contributed by atoms with Gasteiger partial charge in [-0.3, -0.25) is 14.5 Å². The first-order chi connectivity index (χ1) is 15.5. The molecule has 32 heavy (non-hydrogen) atoms. The van der Waals surface area contributed by atoms with Crippen molar-refractivity contribution in [1.82, 2.24) is 20.1 Å². The summed E-state index contributed by atoms with van der Waals surface area (Å²) in [5.74, 6) is 0.817. The zero-order valence-corrected chi connectivity index (χ0v) is 18.5.